The van der Waals surface area contributed by atoms with E-state index in [4.69, 9.17) is 22.1 Å². The molecule has 3 aliphatic rings. The van der Waals surface area contributed by atoms with E-state index in [0.717, 1.165) is 36.6 Å². The zero-order valence-corrected chi connectivity index (χ0v) is 27.2. The van der Waals surface area contributed by atoms with Crippen molar-refractivity contribution in [1.29, 1.82) is 0 Å². The molecule has 2 aliphatic heterocycles. The van der Waals surface area contributed by atoms with Crippen molar-refractivity contribution in [2.24, 2.45) is 5.73 Å². The van der Waals surface area contributed by atoms with Gasteiger partial charge in [-0.05, 0) is 103 Å². The van der Waals surface area contributed by atoms with E-state index < -0.39 is 39.5 Å². The Labute approximate surface area is 278 Å². The fourth-order valence-electron chi connectivity index (χ4n) is 7.37. The van der Waals surface area contributed by atoms with Crippen molar-refractivity contribution >= 4 is 38.3 Å². The van der Waals surface area contributed by atoms with Gasteiger partial charge >= 0.3 is 0 Å². The molecule has 4 aromatic carbocycles. The number of halogens is 3. The first-order valence-electron chi connectivity index (χ1n) is 16.0. The molecule has 0 spiro atoms. The average Bonchev–Trinajstić information content (AvgIpc) is 3.80. The van der Waals surface area contributed by atoms with Crippen LogP contribution in [0.25, 0.3) is 21.9 Å². The van der Waals surface area contributed by atoms with E-state index in [9.17, 15) is 13.2 Å². The van der Waals surface area contributed by atoms with Crippen LogP contribution in [-0.2, 0) is 20.7 Å². The Bertz CT molecular complexity index is 1900. The largest absolute Gasteiger partial charge is 0.490 e. The fourth-order valence-corrected chi connectivity index (χ4v) is 8.72. The summed E-state index contributed by atoms with van der Waals surface area (Å²) in [7, 11) is -4.58. The highest BCUT2D eigenvalue weighted by Crippen LogP contribution is 2.41. The number of hydrogen-bond acceptors (Lipinski definition) is 5. The number of nitrogens with two attached hydrogens (primary N) is 1. The highest BCUT2D eigenvalue weighted by molar-refractivity contribution is 7.89. The van der Waals surface area contributed by atoms with Gasteiger partial charge in [-0.3, -0.25) is 4.79 Å². The molecule has 47 heavy (non-hydrogen) atoms. The van der Waals surface area contributed by atoms with Gasteiger partial charge in [0.1, 0.15) is 5.75 Å². The summed E-state index contributed by atoms with van der Waals surface area (Å²) >= 11 is 5.99. The Morgan fingerprint density at radius 2 is 1.53 bits per heavy atom. The van der Waals surface area contributed by atoms with Gasteiger partial charge < -0.3 is 15.4 Å². The van der Waals surface area contributed by atoms with Crippen LogP contribution in [0.3, 0.4) is 0 Å². The quantitative estimate of drug-likeness (QED) is 0.198. The molecular formula is C36H36ClF2N3O4S. The lowest BCUT2D eigenvalue weighted by Gasteiger charge is -2.33. The number of hydrogen-bond donors (Lipinski definition) is 2. The van der Waals surface area contributed by atoms with Crippen molar-refractivity contribution < 1.29 is 26.7 Å². The second kappa shape index (κ2) is 12.5. The molecule has 2 bridgehead atoms. The number of carbonyl (C=O) groups is 1. The molecule has 3 N–H and O–H groups in total. The van der Waals surface area contributed by atoms with Gasteiger partial charge in [0, 0.05) is 28.7 Å². The summed E-state index contributed by atoms with van der Waals surface area (Å²) < 4.78 is 69.0. The zero-order valence-electron chi connectivity index (χ0n) is 25.6. The number of sulfonamides is 1. The summed E-state index contributed by atoms with van der Waals surface area (Å²) in [6.45, 7) is 0. The van der Waals surface area contributed by atoms with Crippen LogP contribution in [0, 0.1) is 0 Å². The maximum Gasteiger partial charge on any atom is 0.298 e. The minimum absolute atomic E-state index is 0.168. The summed E-state index contributed by atoms with van der Waals surface area (Å²) in [4.78, 5) is 15.2. The summed E-state index contributed by atoms with van der Waals surface area (Å²) in [6.07, 6.45) is 6.17. The topological polar surface area (TPSA) is 102 Å². The first kappa shape index (κ1) is 32.0. The first-order valence-corrected chi connectivity index (χ1v) is 17.9. The molecule has 4 aromatic rings. The number of nitrogens with one attached hydrogen (secondary N) is 1. The van der Waals surface area contributed by atoms with E-state index >= 15 is 8.78 Å². The Kier molecular flexibility index (Phi) is 8.49. The molecule has 2 saturated heterocycles. The molecule has 0 aromatic heterocycles. The first-order chi connectivity index (χ1) is 22.5. The van der Waals surface area contributed by atoms with Gasteiger partial charge in [-0.1, -0.05) is 60.1 Å². The number of amides is 1. The van der Waals surface area contributed by atoms with Gasteiger partial charge in [0.2, 0.25) is 15.9 Å². The number of nitrogens with zero attached hydrogens (tertiary/aromatic N) is 1. The predicted molar refractivity (Wildman–Crippen MR) is 178 cm³/mol. The average molecular weight is 680 g/mol. The van der Waals surface area contributed by atoms with Crippen LogP contribution in [0.1, 0.15) is 50.5 Å². The smallest absolute Gasteiger partial charge is 0.298 e. The van der Waals surface area contributed by atoms with E-state index in [-0.39, 0.29) is 23.1 Å². The van der Waals surface area contributed by atoms with Crippen molar-refractivity contribution in [2.75, 3.05) is 0 Å². The maximum absolute atomic E-state index is 16.6. The van der Waals surface area contributed by atoms with Crippen molar-refractivity contribution in [3.63, 3.8) is 0 Å². The van der Waals surface area contributed by atoms with Crippen LogP contribution in [0.15, 0.2) is 89.8 Å². The fraction of sp³-hybridized carbons (Fsp3) is 0.361. The van der Waals surface area contributed by atoms with Crippen LogP contribution in [0.4, 0.5) is 8.78 Å². The Morgan fingerprint density at radius 1 is 0.894 bits per heavy atom. The van der Waals surface area contributed by atoms with Gasteiger partial charge in [-0.25, -0.2) is 8.42 Å². The lowest BCUT2D eigenvalue weighted by Crippen LogP contribution is -2.57. The molecular weight excluding hydrogens is 644 g/mol. The Balaban J connectivity index is 1.20. The molecule has 3 fully saturated rings. The molecule has 1 amide bonds. The number of fused-ring (bicyclic) bond motifs is 3. The lowest BCUT2D eigenvalue weighted by molar-refractivity contribution is -0.145. The molecule has 2 heterocycles. The SMILES string of the molecule is N[C@H]1CC2CCC1N2C(=O)[C@H](NS(=O)(=O)c1ccc2cc(OC3CCCC3)ccc2c1)C(F)(F)c1ccc(-c2ccc(Cl)cc2)cc1. The highest BCUT2D eigenvalue weighted by atomic mass is 35.5. The van der Waals surface area contributed by atoms with Gasteiger partial charge in [0.05, 0.1) is 11.0 Å². The monoisotopic (exact) mass is 679 g/mol. The van der Waals surface area contributed by atoms with Crippen LogP contribution >= 0.6 is 11.6 Å². The van der Waals surface area contributed by atoms with Gasteiger partial charge in [0.25, 0.3) is 5.92 Å². The summed E-state index contributed by atoms with van der Waals surface area (Å²) in [5, 5.41) is 1.90. The van der Waals surface area contributed by atoms with E-state index in [1.165, 1.54) is 41.3 Å². The molecule has 1 aliphatic carbocycles. The molecule has 7 nitrogen and oxygen atoms in total. The third kappa shape index (κ3) is 6.24. The molecule has 1 saturated carbocycles. The van der Waals surface area contributed by atoms with Crippen LogP contribution < -0.4 is 15.2 Å². The molecule has 7 rings (SSSR count). The van der Waals surface area contributed by atoms with E-state index in [0.29, 0.717) is 41.0 Å². The van der Waals surface area contributed by atoms with Crippen molar-refractivity contribution in [1.82, 2.24) is 9.62 Å². The normalized spacial score (nSPS) is 22.2. The van der Waals surface area contributed by atoms with Gasteiger partial charge in [0.15, 0.2) is 6.04 Å². The Hall–Kier alpha value is -3.57. The van der Waals surface area contributed by atoms with E-state index in [1.54, 1.807) is 42.5 Å². The van der Waals surface area contributed by atoms with Crippen molar-refractivity contribution in [3.05, 3.63) is 95.5 Å². The third-order valence-corrected chi connectivity index (χ3v) is 11.5. The minimum Gasteiger partial charge on any atom is -0.490 e. The predicted octanol–water partition coefficient (Wildman–Crippen LogP) is 7.01. The number of rotatable bonds is 9. The van der Waals surface area contributed by atoms with Crippen LogP contribution in [-0.4, -0.2) is 49.5 Å². The zero-order chi connectivity index (χ0) is 32.9. The molecule has 246 valence electrons. The lowest BCUT2D eigenvalue weighted by atomic mass is 9.96. The maximum atomic E-state index is 16.6. The summed E-state index contributed by atoms with van der Waals surface area (Å²) in [5.74, 6) is -4.17. The molecule has 0 radical (unpaired) electrons. The van der Waals surface area contributed by atoms with Crippen molar-refractivity contribution in [3.8, 4) is 16.9 Å². The van der Waals surface area contributed by atoms with Crippen LogP contribution in [0.5, 0.6) is 5.75 Å². The summed E-state index contributed by atoms with van der Waals surface area (Å²) in [5.41, 5.74) is 7.19. The highest BCUT2D eigenvalue weighted by Gasteiger charge is 2.55. The second-order valence-corrected chi connectivity index (χ2v) is 15.1. The van der Waals surface area contributed by atoms with Crippen LogP contribution in [0.2, 0.25) is 5.02 Å². The standard InChI is InChI=1S/C36H36ClF2N3O4S/c37-27-13-7-23(8-14-27)22-5-11-26(12-6-22)36(38,39)34(35(43)42-28-15-18-33(42)32(40)21-28)41-47(44,45)31-17-10-24-19-30(16-9-25(24)20-31)46-29-3-1-2-4-29/h5-14,16-17,19-20,28-29,32-34,41H,1-4,15,18,21,40H2/t28?,32-,33?,34-/m0/s1. The second-order valence-electron chi connectivity index (χ2n) is 12.9. The van der Waals surface area contributed by atoms with Gasteiger partial charge in [-0.2, -0.15) is 13.5 Å². The van der Waals surface area contributed by atoms with Crippen molar-refractivity contribution in [2.45, 2.75) is 86.0 Å². The molecule has 11 heteroatoms. The number of benzene rings is 4. The number of ether oxygens (including phenoxy) is 1. The summed E-state index contributed by atoms with van der Waals surface area (Å²) in [6, 6.07) is 18.8. The number of alkyl halides is 2. The van der Waals surface area contributed by atoms with E-state index in [2.05, 4.69) is 4.72 Å². The molecule has 4 atom stereocenters. The van der Waals surface area contributed by atoms with E-state index in [1.807, 2.05) is 6.07 Å². The minimum atomic E-state index is -4.58. The van der Waals surface area contributed by atoms with Gasteiger partial charge in [-0.15, -0.1) is 0 Å². The third-order valence-electron chi connectivity index (χ3n) is 9.87. The number of carbonyl (C=O) groups excluding carboxylic acids is 1. The Morgan fingerprint density at radius 3 is 2.17 bits per heavy atom. The molecule has 2 unspecified atom stereocenters.